The smallest absolute Gasteiger partial charge is 0.307 e. The molecule has 14 heavy (non-hydrogen) atoms. The van der Waals surface area contributed by atoms with Crippen molar-refractivity contribution < 1.29 is 17.9 Å². The molecule has 0 amide bonds. The van der Waals surface area contributed by atoms with E-state index in [1.165, 1.54) is 0 Å². The summed E-state index contributed by atoms with van der Waals surface area (Å²) in [5, 5.41) is -0.232. The van der Waals surface area contributed by atoms with Crippen LogP contribution in [0.3, 0.4) is 0 Å². The van der Waals surface area contributed by atoms with Gasteiger partial charge >= 0.3 is 5.97 Å². The average molecular weight is 221 g/mol. The van der Waals surface area contributed by atoms with Gasteiger partial charge in [0.2, 0.25) is 10.0 Å². The van der Waals surface area contributed by atoms with Gasteiger partial charge in [0.05, 0.1) is 18.3 Å². The van der Waals surface area contributed by atoms with Gasteiger partial charge in [-0.2, -0.15) is 0 Å². The number of hydrogen-bond acceptors (Lipinski definition) is 4. The van der Waals surface area contributed by atoms with Gasteiger partial charge in [0.1, 0.15) is 0 Å². The highest BCUT2D eigenvalue weighted by Crippen LogP contribution is 2.27. The molecule has 0 radical (unpaired) electrons. The molecular formula is C8H15NO4S. The fourth-order valence-corrected chi connectivity index (χ4v) is 2.40. The van der Waals surface area contributed by atoms with Gasteiger partial charge in [0.25, 0.3) is 0 Å². The van der Waals surface area contributed by atoms with Crippen LogP contribution in [0.15, 0.2) is 0 Å². The van der Waals surface area contributed by atoms with Crippen molar-refractivity contribution in [3.8, 4) is 0 Å². The zero-order valence-electron chi connectivity index (χ0n) is 8.15. The third-order valence-corrected chi connectivity index (χ3v) is 3.86. The molecule has 0 spiro atoms. The highest BCUT2D eigenvalue weighted by molar-refractivity contribution is 7.90. The molecule has 0 aliphatic heterocycles. The van der Waals surface area contributed by atoms with E-state index in [4.69, 9.17) is 0 Å². The Morgan fingerprint density at radius 1 is 1.50 bits per heavy atom. The molecule has 6 heteroatoms. The third kappa shape index (κ3) is 3.63. The topological polar surface area (TPSA) is 72.5 Å². The SMILES string of the molecule is CCOC(=O)CCNS(=O)(=O)C1CC1. The monoisotopic (exact) mass is 221 g/mol. The lowest BCUT2D eigenvalue weighted by Crippen LogP contribution is -2.29. The largest absolute Gasteiger partial charge is 0.466 e. The molecule has 1 fully saturated rings. The summed E-state index contributed by atoms with van der Waals surface area (Å²) in [5.74, 6) is -0.369. The van der Waals surface area contributed by atoms with Crippen LogP contribution in [0.4, 0.5) is 0 Å². The lowest BCUT2D eigenvalue weighted by Gasteiger charge is -2.04. The molecule has 1 rings (SSSR count). The second kappa shape index (κ2) is 4.75. The van der Waals surface area contributed by atoms with Gasteiger partial charge in [-0.25, -0.2) is 13.1 Å². The minimum absolute atomic E-state index is 0.0970. The number of sulfonamides is 1. The first-order valence-electron chi connectivity index (χ1n) is 4.70. The zero-order chi connectivity index (χ0) is 10.6. The maximum Gasteiger partial charge on any atom is 0.307 e. The van der Waals surface area contributed by atoms with Crippen molar-refractivity contribution in [1.82, 2.24) is 4.72 Å². The van der Waals surface area contributed by atoms with Crippen LogP contribution in [0.25, 0.3) is 0 Å². The molecule has 5 nitrogen and oxygen atoms in total. The molecule has 0 unspecified atom stereocenters. The number of carbonyl (C=O) groups is 1. The summed E-state index contributed by atoms with van der Waals surface area (Å²) in [6, 6.07) is 0. The lowest BCUT2D eigenvalue weighted by molar-refractivity contribution is -0.142. The summed E-state index contributed by atoms with van der Waals surface area (Å²) in [5.41, 5.74) is 0. The second-order valence-electron chi connectivity index (χ2n) is 3.19. The van der Waals surface area contributed by atoms with Gasteiger partial charge in [-0.3, -0.25) is 4.79 Å². The number of carbonyl (C=O) groups excluding carboxylic acids is 1. The van der Waals surface area contributed by atoms with Gasteiger partial charge in [-0.1, -0.05) is 0 Å². The minimum Gasteiger partial charge on any atom is -0.466 e. The van der Waals surface area contributed by atoms with Crippen molar-refractivity contribution in [1.29, 1.82) is 0 Å². The first kappa shape index (κ1) is 11.5. The Morgan fingerprint density at radius 3 is 2.64 bits per heavy atom. The van der Waals surface area contributed by atoms with Crippen LogP contribution in [-0.4, -0.2) is 32.8 Å². The van der Waals surface area contributed by atoms with Crippen molar-refractivity contribution in [3.63, 3.8) is 0 Å². The number of esters is 1. The summed E-state index contributed by atoms with van der Waals surface area (Å²) in [4.78, 5) is 10.9. The van der Waals surface area contributed by atoms with E-state index in [1.807, 2.05) is 0 Å². The van der Waals surface area contributed by atoms with Gasteiger partial charge in [0.15, 0.2) is 0 Å². The molecule has 1 N–H and O–H groups in total. The number of hydrogen-bond donors (Lipinski definition) is 1. The van der Waals surface area contributed by atoms with Crippen LogP contribution in [0, 0.1) is 0 Å². The van der Waals surface area contributed by atoms with E-state index in [2.05, 4.69) is 9.46 Å². The number of ether oxygens (including phenoxy) is 1. The molecular weight excluding hydrogens is 206 g/mol. The maximum absolute atomic E-state index is 11.3. The molecule has 82 valence electrons. The zero-order valence-corrected chi connectivity index (χ0v) is 8.97. The first-order valence-corrected chi connectivity index (χ1v) is 6.25. The molecule has 0 atom stereocenters. The van der Waals surface area contributed by atoms with Gasteiger partial charge in [-0.15, -0.1) is 0 Å². The van der Waals surface area contributed by atoms with E-state index in [-0.39, 0.29) is 24.2 Å². The van der Waals surface area contributed by atoms with Gasteiger partial charge in [-0.05, 0) is 19.8 Å². The maximum atomic E-state index is 11.3. The van der Waals surface area contributed by atoms with Crippen molar-refractivity contribution in [2.75, 3.05) is 13.2 Å². The fourth-order valence-electron chi connectivity index (χ4n) is 1.02. The summed E-state index contributed by atoms with van der Waals surface area (Å²) in [7, 11) is -3.16. The molecule has 1 aliphatic carbocycles. The molecule has 0 heterocycles. The van der Waals surface area contributed by atoms with Crippen LogP contribution in [0.2, 0.25) is 0 Å². The number of nitrogens with one attached hydrogen (secondary N) is 1. The van der Waals surface area contributed by atoms with Crippen LogP contribution in [0.1, 0.15) is 26.2 Å². The Balaban J connectivity index is 2.17. The average Bonchev–Trinajstić information content (AvgIpc) is 2.86. The van der Waals surface area contributed by atoms with Crippen molar-refractivity contribution in [2.24, 2.45) is 0 Å². The van der Waals surface area contributed by atoms with E-state index in [1.54, 1.807) is 6.92 Å². The van der Waals surface area contributed by atoms with Gasteiger partial charge in [0, 0.05) is 6.54 Å². The predicted molar refractivity (Wildman–Crippen MR) is 51.2 cm³/mol. The standard InChI is InChI=1S/C8H15NO4S/c1-2-13-8(10)5-6-9-14(11,12)7-3-4-7/h7,9H,2-6H2,1H3. The highest BCUT2D eigenvalue weighted by Gasteiger charge is 2.35. The van der Waals surface area contributed by atoms with Crippen molar-refractivity contribution in [3.05, 3.63) is 0 Å². The predicted octanol–water partition coefficient (Wildman–Crippen LogP) is 0.0214. The Labute approximate surface area is 83.9 Å². The van der Waals surface area contributed by atoms with E-state index < -0.39 is 10.0 Å². The normalized spacial score (nSPS) is 16.6. The number of rotatable bonds is 6. The Kier molecular flexibility index (Phi) is 3.88. The summed E-state index contributed by atoms with van der Waals surface area (Å²) in [6.45, 7) is 2.18. The Morgan fingerprint density at radius 2 is 2.14 bits per heavy atom. The molecule has 0 aromatic rings. The van der Waals surface area contributed by atoms with Crippen molar-refractivity contribution >= 4 is 16.0 Å². The summed E-state index contributed by atoms with van der Waals surface area (Å²) in [6.07, 6.45) is 1.56. The first-order chi connectivity index (χ1) is 6.56. The molecule has 0 aromatic heterocycles. The van der Waals surface area contributed by atoms with Crippen LogP contribution >= 0.6 is 0 Å². The lowest BCUT2D eigenvalue weighted by atomic mass is 10.4. The van der Waals surface area contributed by atoms with Crippen LogP contribution < -0.4 is 4.72 Å². The molecule has 1 aliphatic rings. The minimum atomic E-state index is -3.16. The Bertz CT molecular complexity index is 294. The quantitative estimate of drug-likeness (QED) is 0.642. The molecule has 1 saturated carbocycles. The van der Waals surface area contributed by atoms with E-state index in [0.717, 1.165) is 12.8 Å². The Hall–Kier alpha value is -0.620. The van der Waals surface area contributed by atoms with Crippen LogP contribution in [0.5, 0.6) is 0 Å². The van der Waals surface area contributed by atoms with Crippen LogP contribution in [-0.2, 0) is 19.6 Å². The molecule has 0 aromatic carbocycles. The van der Waals surface area contributed by atoms with E-state index >= 15 is 0 Å². The van der Waals surface area contributed by atoms with E-state index in [0.29, 0.717) is 6.61 Å². The fraction of sp³-hybridized carbons (Fsp3) is 0.875. The van der Waals surface area contributed by atoms with Crippen molar-refractivity contribution in [2.45, 2.75) is 31.4 Å². The third-order valence-electron chi connectivity index (χ3n) is 1.90. The molecule has 0 saturated heterocycles. The summed E-state index contributed by atoms with van der Waals surface area (Å²) < 4.78 is 29.6. The summed E-state index contributed by atoms with van der Waals surface area (Å²) >= 11 is 0. The molecule has 0 bridgehead atoms. The van der Waals surface area contributed by atoms with E-state index in [9.17, 15) is 13.2 Å². The second-order valence-corrected chi connectivity index (χ2v) is 5.24. The van der Waals surface area contributed by atoms with Gasteiger partial charge < -0.3 is 4.74 Å². The highest BCUT2D eigenvalue weighted by atomic mass is 32.2.